The quantitative estimate of drug-likeness (QED) is 0.779. The largest absolute Gasteiger partial charge is 0.496 e. The molecule has 0 saturated carbocycles. The van der Waals surface area contributed by atoms with Gasteiger partial charge in [0.15, 0.2) is 0 Å². The first-order chi connectivity index (χ1) is 8.70. The molecule has 2 heteroatoms. The molecule has 0 aliphatic rings. The fourth-order valence-electron chi connectivity index (χ4n) is 1.85. The van der Waals surface area contributed by atoms with E-state index in [1.54, 1.807) is 7.11 Å². The Hall–Kier alpha value is -1.96. The van der Waals surface area contributed by atoms with Gasteiger partial charge in [0.2, 0.25) is 0 Å². The highest BCUT2D eigenvalue weighted by Crippen LogP contribution is 2.32. The van der Waals surface area contributed by atoms with E-state index in [0.29, 0.717) is 5.92 Å². The molecule has 0 aliphatic carbocycles. The van der Waals surface area contributed by atoms with Crippen molar-refractivity contribution in [2.45, 2.75) is 19.8 Å². The van der Waals surface area contributed by atoms with Gasteiger partial charge in [0.25, 0.3) is 0 Å². The van der Waals surface area contributed by atoms with Crippen molar-refractivity contribution in [2.75, 3.05) is 7.11 Å². The Balaban J connectivity index is 2.27. The highest BCUT2D eigenvalue weighted by molar-refractivity contribution is 5.43. The third-order valence-electron chi connectivity index (χ3n) is 2.80. The molecule has 0 N–H and O–H groups in total. The predicted molar refractivity (Wildman–Crippen MR) is 73.6 cm³/mol. The molecule has 0 spiro atoms. The van der Waals surface area contributed by atoms with E-state index >= 15 is 0 Å². The summed E-state index contributed by atoms with van der Waals surface area (Å²) in [7, 11) is 1.69. The van der Waals surface area contributed by atoms with E-state index in [0.717, 1.165) is 22.8 Å². The number of methoxy groups -OCH3 is 1. The van der Waals surface area contributed by atoms with Crippen molar-refractivity contribution in [1.29, 1.82) is 0 Å². The second-order valence-corrected chi connectivity index (χ2v) is 4.47. The first-order valence-electron chi connectivity index (χ1n) is 6.11. The zero-order valence-electron chi connectivity index (χ0n) is 11.0. The lowest BCUT2D eigenvalue weighted by atomic mass is 10.0. The summed E-state index contributed by atoms with van der Waals surface area (Å²) in [5, 5.41) is 0. The van der Waals surface area contributed by atoms with Gasteiger partial charge < -0.3 is 9.47 Å². The van der Waals surface area contributed by atoms with Crippen LogP contribution in [0, 0.1) is 0 Å². The SMILES string of the molecule is COc1ccc(Oc2ccccc2)cc1C(C)C. The molecule has 2 nitrogen and oxygen atoms in total. The number of rotatable bonds is 4. The summed E-state index contributed by atoms with van der Waals surface area (Å²) in [6, 6.07) is 15.7. The fourth-order valence-corrected chi connectivity index (χ4v) is 1.85. The molecule has 0 atom stereocenters. The molecule has 2 aromatic rings. The van der Waals surface area contributed by atoms with E-state index in [1.807, 2.05) is 48.5 Å². The number of hydrogen-bond donors (Lipinski definition) is 0. The summed E-state index contributed by atoms with van der Waals surface area (Å²) < 4.78 is 11.2. The average molecular weight is 242 g/mol. The zero-order chi connectivity index (χ0) is 13.0. The molecular formula is C16H18O2. The van der Waals surface area contributed by atoms with Gasteiger partial charge in [-0.1, -0.05) is 32.0 Å². The summed E-state index contributed by atoms with van der Waals surface area (Å²) in [6.45, 7) is 4.29. The smallest absolute Gasteiger partial charge is 0.127 e. The molecule has 0 radical (unpaired) electrons. The van der Waals surface area contributed by atoms with Crippen molar-refractivity contribution in [3.63, 3.8) is 0 Å². The van der Waals surface area contributed by atoms with Crippen LogP contribution in [-0.2, 0) is 0 Å². The number of ether oxygens (including phenoxy) is 2. The van der Waals surface area contributed by atoms with Crippen molar-refractivity contribution < 1.29 is 9.47 Å². The van der Waals surface area contributed by atoms with Gasteiger partial charge in [-0.2, -0.15) is 0 Å². The average Bonchev–Trinajstić information content (AvgIpc) is 2.40. The molecule has 2 aromatic carbocycles. The van der Waals surface area contributed by atoms with Crippen LogP contribution in [0.5, 0.6) is 17.2 Å². The first-order valence-corrected chi connectivity index (χ1v) is 6.11. The highest BCUT2D eigenvalue weighted by atomic mass is 16.5. The Kier molecular flexibility index (Phi) is 3.88. The van der Waals surface area contributed by atoms with E-state index in [1.165, 1.54) is 0 Å². The normalized spacial score (nSPS) is 10.4. The predicted octanol–water partition coefficient (Wildman–Crippen LogP) is 4.61. The van der Waals surface area contributed by atoms with E-state index in [9.17, 15) is 0 Å². The van der Waals surface area contributed by atoms with E-state index < -0.39 is 0 Å². The van der Waals surface area contributed by atoms with Crippen LogP contribution in [0.2, 0.25) is 0 Å². The molecular weight excluding hydrogens is 224 g/mol. The maximum Gasteiger partial charge on any atom is 0.127 e. The molecule has 0 unspecified atom stereocenters. The zero-order valence-corrected chi connectivity index (χ0v) is 11.0. The molecule has 0 fully saturated rings. The van der Waals surface area contributed by atoms with E-state index in [2.05, 4.69) is 13.8 Å². The van der Waals surface area contributed by atoms with Crippen LogP contribution in [0.4, 0.5) is 0 Å². The summed E-state index contributed by atoms with van der Waals surface area (Å²) in [6.07, 6.45) is 0. The van der Waals surface area contributed by atoms with Crippen LogP contribution >= 0.6 is 0 Å². The van der Waals surface area contributed by atoms with Gasteiger partial charge in [-0.05, 0) is 36.2 Å². The fraction of sp³-hybridized carbons (Fsp3) is 0.250. The lowest BCUT2D eigenvalue weighted by molar-refractivity contribution is 0.405. The third kappa shape index (κ3) is 2.83. The van der Waals surface area contributed by atoms with Gasteiger partial charge in [0.1, 0.15) is 17.2 Å². The molecule has 0 amide bonds. The van der Waals surface area contributed by atoms with Gasteiger partial charge in [-0.25, -0.2) is 0 Å². The van der Waals surface area contributed by atoms with Gasteiger partial charge in [-0.15, -0.1) is 0 Å². The van der Waals surface area contributed by atoms with Gasteiger partial charge >= 0.3 is 0 Å². The Labute approximate surface area is 108 Å². The van der Waals surface area contributed by atoms with Crippen molar-refractivity contribution >= 4 is 0 Å². The molecule has 94 valence electrons. The van der Waals surface area contributed by atoms with Crippen LogP contribution in [0.3, 0.4) is 0 Å². The second kappa shape index (κ2) is 5.58. The Bertz CT molecular complexity index is 504. The highest BCUT2D eigenvalue weighted by Gasteiger charge is 2.09. The maximum absolute atomic E-state index is 5.81. The number of para-hydroxylation sites is 1. The minimum Gasteiger partial charge on any atom is -0.496 e. The lowest BCUT2D eigenvalue weighted by Gasteiger charge is -2.14. The molecule has 0 heterocycles. The molecule has 0 aliphatic heterocycles. The topological polar surface area (TPSA) is 18.5 Å². The lowest BCUT2D eigenvalue weighted by Crippen LogP contribution is -1.95. The van der Waals surface area contributed by atoms with Crippen molar-refractivity contribution in [2.24, 2.45) is 0 Å². The molecule has 0 bridgehead atoms. The van der Waals surface area contributed by atoms with Crippen LogP contribution in [0.15, 0.2) is 48.5 Å². The summed E-state index contributed by atoms with van der Waals surface area (Å²) >= 11 is 0. The standard InChI is InChI=1S/C16H18O2/c1-12(2)15-11-14(9-10-16(15)17-3)18-13-7-5-4-6-8-13/h4-12H,1-3H3. The van der Waals surface area contributed by atoms with E-state index in [-0.39, 0.29) is 0 Å². The monoisotopic (exact) mass is 242 g/mol. The molecule has 2 rings (SSSR count). The Morgan fingerprint density at radius 3 is 2.22 bits per heavy atom. The van der Waals surface area contributed by atoms with Crippen LogP contribution < -0.4 is 9.47 Å². The van der Waals surface area contributed by atoms with Crippen molar-refractivity contribution in [1.82, 2.24) is 0 Å². The van der Waals surface area contributed by atoms with E-state index in [4.69, 9.17) is 9.47 Å². The maximum atomic E-state index is 5.81. The van der Waals surface area contributed by atoms with Crippen molar-refractivity contribution in [3.05, 3.63) is 54.1 Å². The Morgan fingerprint density at radius 1 is 0.889 bits per heavy atom. The summed E-state index contributed by atoms with van der Waals surface area (Å²) in [4.78, 5) is 0. The van der Waals surface area contributed by atoms with Crippen molar-refractivity contribution in [3.8, 4) is 17.2 Å². The van der Waals surface area contributed by atoms with Gasteiger partial charge in [0.05, 0.1) is 7.11 Å². The summed E-state index contributed by atoms with van der Waals surface area (Å²) in [5.41, 5.74) is 1.16. The summed E-state index contributed by atoms with van der Waals surface area (Å²) in [5.74, 6) is 2.99. The molecule has 18 heavy (non-hydrogen) atoms. The van der Waals surface area contributed by atoms with Gasteiger partial charge in [-0.3, -0.25) is 0 Å². The van der Waals surface area contributed by atoms with Gasteiger partial charge in [0, 0.05) is 5.56 Å². The molecule has 0 saturated heterocycles. The van der Waals surface area contributed by atoms with Crippen LogP contribution in [0.25, 0.3) is 0 Å². The third-order valence-corrected chi connectivity index (χ3v) is 2.80. The Morgan fingerprint density at radius 2 is 1.61 bits per heavy atom. The second-order valence-electron chi connectivity index (χ2n) is 4.47. The number of hydrogen-bond acceptors (Lipinski definition) is 2. The molecule has 0 aromatic heterocycles. The van der Waals surface area contributed by atoms with Crippen LogP contribution in [-0.4, -0.2) is 7.11 Å². The number of benzene rings is 2. The first kappa shape index (κ1) is 12.5. The minimum atomic E-state index is 0.402. The van der Waals surface area contributed by atoms with Crippen LogP contribution in [0.1, 0.15) is 25.3 Å². The minimum absolute atomic E-state index is 0.402.